The van der Waals surface area contributed by atoms with Gasteiger partial charge in [-0.25, -0.2) is 0 Å². The smallest absolute Gasteiger partial charge is 0.255 e. The van der Waals surface area contributed by atoms with E-state index in [9.17, 15) is 4.79 Å². The van der Waals surface area contributed by atoms with Crippen molar-refractivity contribution in [1.29, 1.82) is 0 Å². The van der Waals surface area contributed by atoms with Crippen LogP contribution in [0.4, 0.5) is 5.69 Å². The van der Waals surface area contributed by atoms with E-state index in [2.05, 4.69) is 34.5 Å². The fourth-order valence-electron chi connectivity index (χ4n) is 2.72. The highest BCUT2D eigenvalue weighted by Gasteiger charge is 2.15. The molecule has 1 aromatic heterocycles. The minimum atomic E-state index is -0.108. The molecule has 1 aliphatic rings. The third-order valence-corrected chi connectivity index (χ3v) is 3.97. The van der Waals surface area contributed by atoms with Crippen LogP contribution in [0.3, 0.4) is 0 Å². The second-order valence-electron chi connectivity index (χ2n) is 5.50. The monoisotopic (exact) mass is 284 g/mol. The van der Waals surface area contributed by atoms with Gasteiger partial charge in [0, 0.05) is 18.8 Å². The SMILES string of the molecule is C[C@H](NC(=O)c1ccoc1)c1cccc(N2CCCC2)c1. The average molecular weight is 284 g/mol. The normalized spacial score (nSPS) is 16.0. The lowest BCUT2D eigenvalue weighted by Gasteiger charge is -2.20. The van der Waals surface area contributed by atoms with E-state index in [1.54, 1.807) is 6.07 Å². The van der Waals surface area contributed by atoms with Crippen LogP contribution in [-0.4, -0.2) is 19.0 Å². The first-order valence-corrected chi connectivity index (χ1v) is 7.42. The highest BCUT2D eigenvalue weighted by Crippen LogP contribution is 2.24. The van der Waals surface area contributed by atoms with Crippen molar-refractivity contribution < 1.29 is 9.21 Å². The maximum Gasteiger partial charge on any atom is 0.255 e. The Morgan fingerprint density at radius 1 is 1.29 bits per heavy atom. The van der Waals surface area contributed by atoms with Gasteiger partial charge in [0.15, 0.2) is 0 Å². The van der Waals surface area contributed by atoms with E-state index in [-0.39, 0.29) is 11.9 Å². The standard InChI is InChI=1S/C17H20N2O2/c1-13(18-17(20)15-7-10-21-12-15)14-5-4-6-16(11-14)19-8-2-3-9-19/h4-7,10-13H,2-3,8-9H2,1H3,(H,18,20)/t13-/m0/s1. The van der Waals surface area contributed by atoms with Crippen LogP contribution in [-0.2, 0) is 0 Å². The van der Waals surface area contributed by atoms with Gasteiger partial charge >= 0.3 is 0 Å². The van der Waals surface area contributed by atoms with Gasteiger partial charge in [0.1, 0.15) is 6.26 Å². The molecule has 0 saturated carbocycles. The fourth-order valence-corrected chi connectivity index (χ4v) is 2.72. The summed E-state index contributed by atoms with van der Waals surface area (Å²) in [5, 5.41) is 3.00. The van der Waals surface area contributed by atoms with Crippen LogP contribution in [0.15, 0.2) is 47.3 Å². The molecule has 3 rings (SSSR count). The summed E-state index contributed by atoms with van der Waals surface area (Å²) < 4.78 is 4.94. The Labute approximate surface area is 124 Å². The fraction of sp³-hybridized carbons (Fsp3) is 0.353. The largest absolute Gasteiger partial charge is 0.472 e. The van der Waals surface area contributed by atoms with Gasteiger partial charge in [-0.05, 0) is 43.5 Å². The number of carbonyl (C=O) groups excluding carboxylic acids is 1. The molecular weight excluding hydrogens is 264 g/mol. The third kappa shape index (κ3) is 3.10. The molecule has 1 N–H and O–H groups in total. The topological polar surface area (TPSA) is 45.5 Å². The molecule has 21 heavy (non-hydrogen) atoms. The van der Waals surface area contributed by atoms with Crippen molar-refractivity contribution in [2.75, 3.05) is 18.0 Å². The Balaban J connectivity index is 1.70. The number of hydrogen-bond acceptors (Lipinski definition) is 3. The molecule has 2 aromatic rings. The van der Waals surface area contributed by atoms with E-state index in [0.717, 1.165) is 18.7 Å². The average Bonchev–Trinajstić information content (AvgIpc) is 3.20. The zero-order chi connectivity index (χ0) is 14.7. The van der Waals surface area contributed by atoms with Crippen LogP contribution in [0, 0.1) is 0 Å². The molecule has 2 heterocycles. The Bertz CT molecular complexity index is 601. The van der Waals surface area contributed by atoms with Crippen LogP contribution in [0.5, 0.6) is 0 Å². The molecule has 1 fully saturated rings. The van der Waals surface area contributed by atoms with Crippen molar-refractivity contribution in [3.05, 3.63) is 54.0 Å². The molecule has 0 spiro atoms. The quantitative estimate of drug-likeness (QED) is 0.936. The van der Waals surface area contributed by atoms with Crippen molar-refractivity contribution in [3.8, 4) is 0 Å². The van der Waals surface area contributed by atoms with Gasteiger partial charge in [-0.2, -0.15) is 0 Å². The minimum Gasteiger partial charge on any atom is -0.472 e. The van der Waals surface area contributed by atoms with Crippen LogP contribution in [0.2, 0.25) is 0 Å². The summed E-state index contributed by atoms with van der Waals surface area (Å²) in [4.78, 5) is 14.4. The van der Waals surface area contributed by atoms with Crippen LogP contribution >= 0.6 is 0 Å². The molecule has 1 atom stereocenters. The Hall–Kier alpha value is -2.23. The van der Waals surface area contributed by atoms with E-state index in [1.807, 2.05) is 6.92 Å². The number of benzene rings is 1. The zero-order valence-electron chi connectivity index (χ0n) is 12.2. The Morgan fingerprint density at radius 3 is 2.81 bits per heavy atom. The molecular formula is C17H20N2O2. The summed E-state index contributed by atoms with van der Waals surface area (Å²) >= 11 is 0. The number of carbonyl (C=O) groups is 1. The van der Waals surface area contributed by atoms with E-state index in [4.69, 9.17) is 4.42 Å². The molecule has 0 aliphatic carbocycles. The first-order valence-electron chi connectivity index (χ1n) is 7.42. The van der Waals surface area contributed by atoms with Gasteiger partial charge < -0.3 is 14.6 Å². The Kier molecular flexibility index (Phi) is 3.95. The lowest BCUT2D eigenvalue weighted by Crippen LogP contribution is -2.26. The van der Waals surface area contributed by atoms with Gasteiger partial charge in [0.25, 0.3) is 5.91 Å². The third-order valence-electron chi connectivity index (χ3n) is 3.97. The summed E-state index contributed by atoms with van der Waals surface area (Å²) in [6.07, 6.45) is 5.49. The maximum atomic E-state index is 12.0. The Morgan fingerprint density at radius 2 is 2.10 bits per heavy atom. The van der Waals surface area contributed by atoms with Crippen molar-refractivity contribution in [3.63, 3.8) is 0 Å². The summed E-state index contributed by atoms with van der Waals surface area (Å²) in [5.74, 6) is -0.108. The van der Waals surface area contributed by atoms with Crippen molar-refractivity contribution in [2.45, 2.75) is 25.8 Å². The first-order chi connectivity index (χ1) is 10.2. The second-order valence-corrected chi connectivity index (χ2v) is 5.50. The molecule has 0 radical (unpaired) electrons. The number of nitrogens with one attached hydrogen (secondary N) is 1. The number of hydrogen-bond donors (Lipinski definition) is 1. The predicted octanol–water partition coefficient (Wildman–Crippen LogP) is 3.37. The van der Waals surface area contributed by atoms with Crippen LogP contribution < -0.4 is 10.2 Å². The number of furan rings is 1. The van der Waals surface area contributed by atoms with Crippen molar-refractivity contribution in [1.82, 2.24) is 5.32 Å². The molecule has 1 amide bonds. The predicted molar refractivity (Wildman–Crippen MR) is 82.5 cm³/mol. The van der Waals surface area contributed by atoms with Crippen molar-refractivity contribution in [2.24, 2.45) is 0 Å². The van der Waals surface area contributed by atoms with Crippen LogP contribution in [0.25, 0.3) is 0 Å². The van der Waals surface area contributed by atoms with Gasteiger partial charge in [-0.3, -0.25) is 4.79 Å². The van der Waals surface area contributed by atoms with Gasteiger partial charge in [-0.1, -0.05) is 12.1 Å². The van der Waals surface area contributed by atoms with E-state index in [1.165, 1.54) is 31.1 Å². The number of rotatable bonds is 4. The van der Waals surface area contributed by atoms with E-state index in [0.29, 0.717) is 5.56 Å². The van der Waals surface area contributed by atoms with Gasteiger partial charge in [-0.15, -0.1) is 0 Å². The van der Waals surface area contributed by atoms with Gasteiger partial charge in [0.05, 0.1) is 17.9 Å². The molecule has 0 unspecified atom stereocenters. The summed E-state index contributed by atoms with van der Waals surface area (Å²) in [6, 6.07) is 10.1. The molecule has 4 heteroatoms. The lowest BCUT2D eigenvalue weighted by atomic mass is 10.1. The summed E-state index contributed by atoms with van der Waals surface area (Å²) in [5.41, 5.74) is 2.92. The number of amides is 1. The lowest BCUT2D eigenvalue weighted by molar-refractivity contribution is 0.0939. The molecule has 0 bridgehead atoms. The maximum absolute atomic E-state index is 12.0. The van der Waals surface area contributed by atoms with Crippen molar-refractivity contribution >= 4 is 11.6 Å². The number of nitrogens with zero attached hydrogens (tertiary/aromatic N) is 1. The highest BCUT2D eigenvalue weighted by molar-refractivity contribution is 5.94. The van der Waals surface area contributed by atoms with Gasteiger partial charge in [0.2, 0.25) is 0 Å². The van der Waals surface area contributed by atoms with E-state index < -0.39 is 0 Å². The molecule has 1 saturated heterocycles. The van der Waals surface area contributed by atoms with E-state index >= 15 is 0 Å². The van der Waals surface area contributed by atoms with Crippen LogP contribution in [0.1, 0.15) is 41.7 Å². The second kappa shape index (κ2) is 6.04. The number of anilines is 1. The molecule has 4 nitrogen and oxygen atoms in total. The molecule has 110 valence electrons. The highest BCUT2D eigenvalue weighted by atomic mass is 16.3. The summed E-state index contributed by atoms with van der Waals surface area (Å²) in [7, 11) is 0. The first kappa shape index (κ1) is 13.7. The zero-order valence-corrected chi connectivity index (χ0v) is 12.2. The summed E-state index contributed by atoms with van der Waals surface area (Å²) in [6.45, 7) is 4.25. The minimum absolute atomic E-state index is 0.0325. The molecule has 1 aliphatic heterocycles. The molecule has 1 aromatic carbocycles.